The lowest BCUT2D eigenvalue weighted by atomic mass is 10.1. The van der Waals surface area contributed by atoms with E-state index in [2.05, 4.69) is 24.1 Å². The molecule has 0 aliphatic carbocycles. The molecule has 1 aliphatic rings. The quantitative estimate of drug-likeness (QED) is 0.812. The smallest absolute Gasteiger partial charge is 0.115 e. The summed E-state index contributed by atoms with van der Waals surface area (Å²) in [6, 6.07) is 8.84. The number of phenols is 1. The van der Waals surface area contributed by atoms with E-state index < -0.39 is 0 Å². The highest BCUT2D eigenvalue weighted by molar-refractivity contribution is 5.26. The number of nitrogens with one attached hydrogen (secondary N) is 1. The summed E-state index contributed by atoms with van der Waals surface area (Å²) in [7, 11) is 0. The fraction of sp³-hybridized carbons (Fsp3) is 0.571. The van der Waals surface area contributed by atoms with Gasteiger partial charge in [0.1, 0.15) is 5.75 Å². The first kappa shape index (κ1) is 12.4. The Kier molecular flexibility index (Phi) is 4.02. The van der Waals surface area contributed by atoms with Crippen molar-refractivity contribution >= 4 is 0 Å². The maximum absolute atomic E-state index is 9.24. The van der Waals surface area contributed by atoms with Gasteiger partial charge in [-0.25, -0.2) is 0 Å². The molecule has 1 heterocycles. The molecule has 94 valence electrons. The van der Waals surface area contributed by atoms with Crippen LogP contribution in [0, 0.1) is 0 Å². The minimum Gasteiger partial charge on any atom is -0.508 e. The molecule has 0 radical (unpaired) electrons. The number of nitrogens with zero attached hydrogens (tertiary/aromatic N) is 1. The van der Waals surface area contributed by atoms with Gasteiger partial charge < -0.3 is 10.4 Å². The van der Waals surface area contributed by atoms with Crippen molar-refractivity contribution in [3.63, 3.8) is 0 Å². The van der Waals surface area contributed by atoms with E-state index in [4.69, 9.17) is 0 Å². The zero-order valence-electron chi connectivity index (χ0n) is 10.7. The highest BCUT2D eigenvalue weighted by atomic mass is 16.3. The molecule has 0 unspecified atom stereocenters. The van der Waals surface area contributed by atoms with Crippen LogP contribution in [-0.2, 0) is 6.42 Å². The molecule has 0 saturated carbocycles. The van der Waals surface area contributed by atoms with E-state index in [-0.39, 0.29) is 0 Å². The molecule has 3 nitrogen and oxygen atoms in total. The Morgan fingerprint density at radius 3 is 2.41 bits per heavy atom. The summed E-state index contributed by atoms with van der Waals surface area (Å²) in [6.45, 7) is 7.85. The Bertz CT molecular complexity index is 344. The highest BCUT2D eigenvalue weighted by Crippen LogP contribution is 2.14. The topological polar surface area (TPSA) is 35.5 Å². The minimum absolute atomic E-state index is 0.345. The largest absolute Gasteiger partial charge is 0.508 e. The predicted octanol–water partition coefficient (Wildman–Crippen LogP) is 1.62. The second-order valence-corrected chi connectivity index (χ2v) is 5.06. The van der Waals surface area contributed by atoms with E-state index in [9.17, 15) is 5.11 Å². The lowest BCUT2D eigenvalue weighted by Gasteiger charge is -2.41. The standard InChI is InChI=1S/C14H22N2O/c1-11(2)16(13-9-15-10-13)8-7-12-3-5-14(17)6-4-12/h3-6,11,13,15,17H,7-10H2,1-2H3. The molecule has 0 spiro atoms. The minimum atomic E-state index is 0.345. The van der Waals surface area contributed by atoms with Crippen molar-refractivity contribution in [2.75, 3.05) is 19.6 Å². The molecule has 2 N–H and O–H groups in total. The van der Waals surface area contributed by atoms with E-state index >= 15 is 0 Å². The van der Waals surface area contributed by atoms with E-state index in [1.165, 1.54) is 5.56 Å². The van der Waals surface area contributed by atoms with Gasteiger partial charge in [0.15, 0.2) is 0 Å². The third kappa shape index (κ3) is 3.20. The average molecular weight is 234 g/mol. The summed E-state index contributed by atoms with van der Waals surface area (Å²) in [5.74, 6) is 0.345. The summed E-state index contributed by atoms with van der Waals surface area (Å²) in [4.78, 5) is 2.56. The second-order valence-electron chi connectivity index (χ2n) is 5.06. The van der Waals surface area contributed by atoms with Gasteiger partial charge in [-0.2, -0.15) is 0 Å². The molecule has 3 heteroatoms. The highest BCUT2D eigenvalue weighted by Gasteiger charge is 2.25. The van der Waals surface area contributed by atoms with Crippen molar-refractivity contribution in [2.45, 2.75) is 32.4 Å². The normalized spacial score (nSPS) is 16.5. The molecule has 1 aliphatic heterocycles. The average Bonchev–Trinajstić information content (AvgIpc) is 2.23. The molecule has 0 aromatic heterocycles. The van der Waals surface area contributed by atoms with Crippen molar-refractivity contribution in [3.8, 4) is 5.75 Å². The Morgan fingerprint density at radius 1 is 1.29 bits per heavy atom. The zero-order valence-corrected chi connectivity index (χ0v) is 10.7. The molecule has 2 rings (SSSR count). The van der Waals surface area contributed by atoms with Crippen LogP contribution in [0.5, 0.6) is 5.75 Å². The summed E-state index contributed by atoms with van der Waals surface area (Å²) in [5.41, 5.74) is 1.29. The van der Waals surface area contributed by atoms with Crippen LogP contribution in [0.15, 0.2) is 24.3 Å². The second kappa shape index (κ2) is 5.52. The van der Waals surface area contributed by atoms with Crippen molar-refractivity contribution < 1.29 is 5.11 Å². The lowest BCUT2D eigenvalue weighted by Crippen LogP contribution is -2.59. The number of phenolic OH excluding ortho intramolecular Hbond substituents is 1. The van der Waals surface area contributed by atoms with Gasteiger partial charge in [-0.3, -0.25) is 4.90 Å². The van der Waals surface area contributed by atoms with Crippen LogP contribution < -0.4 is 5.32 Å². The molecule has 1 aromatic rings. The van der Waals surface area contributed by atoms with Gasteiger partial charge in [0.2, 0.25) is 0 Å². The van der Waals surface area contributed by atoms with Gasteiger partial charge in [0, 0.05) is 31.7 Å². The number of hydrogen-bond acceptors (Lipinski definition) is 3. The fourth-order valence-corrected chi connectivity index (χ4v) is 2.29. The van der Waals surface area contributed by atoms with Gasteiger partial charge in [-0.1, -0.05) is 12.1 Å². The molecule has 1 saturated heterocycles. The summed E-state index contributed by atoms with van der Waals surface area (Å²) in [5, 5.41) is 12.6. The van der Waals surface area contributed by atoms with Gasteiger partial charge >= 0.3 is 0 Å². The van der Waals surface area contributed by atoms with Crippen LogP contribution in [-0.4, -0.2) is 41.7 Å². The summed E-state index contributed by atoms with van der Waals surface area (Å²) < 4.78 is 0. The van der Waals surface area contributed by atoms with E-state index in [1.807, 2.05) is 12.1 Å². The Balaban J connectivity index is 1.88. The maximum atomic E-state index is 9.24. The third-order valence-electron chi connectivity index (χ3n) is 3.49. The first-order chi connectivity index (χ1) is 8.16. The van der Waals surface area contributed by atoms with Gasteiger partial charge in [-0.05, 0) is 38.0 Å². The van der Waals surface area contributed by atoms with Gasteiger partial charge in [-0.15, -0.1) is 0 Å². The van der Waals surface area contributed by atoms with Crippen molar-refractivity contribution in [1.82, 2.24) is 10.2 Å². The van der Waals surface area contributed by atoms with E-state index in [1.54, 1.807) is 12.1 Å². The molecule has 0 amide bonds. The molecular formula is C14H22N2O. The van der Waals surface area contributed by atoms with Crippen LogP contribution in [0.2, 0.25) is 0 Å². The first-order valence-electron chi connectivity index (χ1n) is 6.41. The van der Waals surface area contributed by atoms with Crippen molar-refractivity contribution in [1.29, 1.82) is 0 Å². The van der Waals surface area contributed by atoms with E-state index in [0.29, 0.717) is 17.8 Å². The molecule has 0 bridgehead atoms. The first-order valence-corrected chi connectivity index (χ1v) is 6.41. The predicted molar refractivity (Wildman–Crippen MR) is 70.3 cm³/mol. The molecule has 1 fully saturated rings. The SMILES string of the molecule is CC(C)N(CCc1ccc(O)cc1)C1CNC1. The Hall–Kier alpha value is -1.06. The number of aromatic hydroxyl groups is 1. The number of benzene rings is 1. The van der Waals surface area contributed by atoms with Crippen LogP contribution in [0.1, 0.15) is 19.4 Å². The molecular weight excluding hydrogens is 212 g/mol. The zero-order chi connectivity index (χ0) is 12.3. The molecule has 17 heavy (non-hydrogen) atoms. The Morgan fingerprint density at radius 2 is 1.94 bits per heavy atom. The summed E-state index contributed by atoms with van der Waals surface area (Å²) >= 11 is 0. The third-order valence-corrected chi connectivity index (χ3v) is 3.49. The number of hydrogen-bond donors (Lipinski definition) is 2. The van der Waals surface area contributed by atoms with E-state index in [0.717, 1.165) is 26.1 Å². The van der Waals surface area contributed by atoms with Crippen LogP contribution in [0.25, 0.3) is 0 Å². The van der Waals surface area contributed by atoms with Crippen molar-refractivity contribution in [2.24, 2.45) is 0 Å². The van der Waals surface area contributed by atoms with Crippen LogP contribution >= 0.6 is 0 Å². The fourth-order valence-electron chi connectivity index (χ4n) is 2.29. The maximum Gasteiger partial charge on any atom is 0.115 e. The van der Waals surface area contributed by atoms with Crippen LogP contribution in [0.3, 0.4) is 0 Å². The molecule has 0 atom stereocenters. The molecule has 1 aromatic carbocycles. The van der Waals surface area contributed by atoms with Crippen LogP contribution in [0.4, 0.5) is 0 Å². The summed E-state index contributed by atoms with van der Waals surface area (Å²) in [6.07, 6.45) is 1.05. The van der Waals surface area contributed by atoms with Gasteiger partial charge in [0.05, 0.1) is 0 Å². The lowest BCUT2D eigenvalue weighted by molar-refractivity contribution is 0.112. The van der Waals surface area contributed by atoms with Crippen molar-refractivity contribution in [3.05, 3.63) is 29.8 Å². The van der Waals surface area contributed by atoms with Gasteiger partial charge in [0.25, 0.3) is 0 Å². The Labute approximate surface area is 103 Å². The number of rotatable bonds is 5. The monoisotopic (exact) mass is 234 g/mol.